The van der Waals surface area contributed by atoms with E-state index in [2.05, 4.69) is 10.6 Å². The maximum atomic E-state index is 12.5. The molecular weight excluding hydrogens is 348 g/mol. The van der Waals surface area contributed by atoms with Gasteiger partial charge < -0.3 is 10.6 Å². The summed E-state index contributed by atoms with van der Waals surface area (Å²) >= 11 is 0. The first kappa shape index (κ1) is 18.6. The van der Waals surface area contributed by atoms with Gasteiger partial charge in [0, 0.05) is 18.4 Å². The van der Waals surface area contributed by atoms with Crippen LogP contribution in [0, 0.1) is 6.92 Å². The van der Waals surface area contributed by atoms with Crippen LogP contribution in [0.2, 0.25) is 0 Å². The van der Waals surface area contributed by atoms with E-state index in [4.69, 9.17) is 0 Å². The summed E-state index contributed by atoms with van der Waals surface area (Å²) in [7, 11) is -3.23. The summed E-state index contributed by atoms with van der Waals surface area (Å²) in [6, 6.07) is 11.0. The molecule has 0 aliphatic carbocycles. The summed E-state index contributed by atoms with van der Waals surface area (Å²) in [5.41, 5.74) is 4.77. The number of sulfone groups is 1. The highest BCUT2D eigenvalue weighted by atomic mass is 32.2. The lowest BCUT2D eigenvalue weighted by Crippen LogP contribution is -2.23. The van der Waals surface area contributed by atoms with Crippen LogP contribution in [0.25, 0.3) is 0 Å². The third-order valence-corrected chi connectivity index (χ3v) is 5.96. The highest BCUT2D eigenvalue weighted by Gasteiger charge is 2.13. The number of hydrogen-bond acceptors (Lipinski definition) is 4. The Hall–Kier alpha value is -2.18. The Morgan fingerprint density at radius 1 is 1.08 bits per heavy atom. The first-order chi connectivity index (χ1) is 12.3. The van der Waals surface area contributed by atoms with E-state index in [1.165, 1.54) is 17.4 Å². The minimum Gasteiger partial charge on any atom is -0.348 e. The van der Waals surface area contributed by atoms with Gasteiger partial charge in [0.05, 0.1) is 4.90 Å². The van der Waals surface area contributed by atoms with Gasteiger partial charge in [-0.2, -0.15) is 0 Å². The fourth-order valence-corrected chi connectivity index (χ4v) is 4.30. The fourth-order valence-electron chi connectivity index (χ4n) is 3.34. The van der Waals surface area contributed by atoms with E-state index in [1.807, 2.05) is 18.2 Å². The molecule has 3 rings (SSSR count). The van der Waals surface area contributed by atoms with Crippen LogP contribution in [0.1, 0.15) is 32.6 Å². The number of benzene rings is 2. The Morgan fingerprint density at radius 2 is 1.81 bits per heavy atom. The molecule has 1 aliphatic heterocycles. The highest BCUT2D eigenvalue weighted by molar-refractivity contribution is 7.90. The van der Waals surface area contributed by atoms with Crippen LogP contribution >= 0.6 is 0 Å². The molecule has 1 aliphatic rings. The molecule has 0 bridgehead atoms. The molecule has 0 aromatic heterocycles. The van der Waals surface area contributed by atoms with Crippen molar-refractivity contribution >= 4 is 15.7 Å². The van der Waals surface area contributed by atoms with E-state index in [-0.39, 0.29) is 5.91 Å². The number of hydrogen-bond donors (Lipinski definition) is 2. The predicted octanol–water partition coefficient (Wildman–Crippen LogP) is 2.02. The standard InChI is InChI=1S/C20H24N2O3S/c1-14-11-15(3-6-19(14)26(2,24)25)13-22-20(23)18-5-4-16-7-9-21-10-8-17(16)12-18/h3-6,11-12,21H,7-10,13H2,1-2H3,(H,22,23). The van der Waals surface area contributed by atoms with E-state index in [1.54, 1.807) is 25.1 Å². The summed E-state index contributed by atoms with van der Waals surface area (Å²) in [5, 5.41) is 6.29. The van der Waals surface area contributed by atoms with Gasteiger partial charge >= 0.3 is 0 Å². The molecule has 26 heavy (non-hydrogen) atoms. The lowest BCUT2D eigenvalue weighted by Gasteiger charge is -2.11. The molecular formula is C20H24N2O3S. The minimum atomic E-state index is -3.23. The van der Waals surface area contributed by atoms with Gasteiger partial charge in [-0.05, 0) is 73.3 Å². The number of rotatable bonds is 4. The van der Waals surface area contributed by atoms with Gasteiger partial charge in [0.2, 0.25) is 0 Å². The summed E-state index contributed by atoms with van der Waals surface area (Å²) < 4.78 is 23.4. The second-order valence-corrected chi connectivity index (χ2v) is 8.77. The molecule has 2 aromatic rings. The maximum absolute atomic E-state index is 12.5. The normalized spacial score (nSPS) is 14.4. The molecule has 0 saturated heterocycles. The third-order valence-electron chi connectivity index (χ3n) is 4.70. The van der Waals surface area contributed by atoms with Crippen LogP contribution in [-0.2, 0) is 29.2 Å². The fraction of sp³-hybridized carbons (Fsp3) is 0.350. The molecule has 6 heteroatoms. The van der Waals surface area contributed by atoms with Crippen molar-refractivity contribution in [2.75, 3.05) is 19.3 Å². The Bertz CT molecular complexity index is 936. The molecule has 0 atom stereocenters. The number of aryl methyl sites for hydroxylation is 1. The van der Waals surface area contributed by atoms with E-state index in [9.17, 15) is 13.2 Å². The molecule has 0 unspecified atom stereocenters. The third kappa shape index (κ3) is 4.31. The Balaban J connectivity index is 1.69. The van der Waals surface area contributed by atoms with E-state index >= 15 is 0 Å². The Morgan fingerprint density at radius 3 is 2.50 bits per heavy atom. The largest absolute Gasteiger partial charge is 0.348 e. The lowest BCUT2D eigenvalue weighted by molar-refractivity contribution is 0.0950. The lowest BCUT2D eigenvalue weighted by atomic mass is 10.00. The van der Waals surface area contributed by atoms with Gasteiger partial charge in [-0.1, -0.05) is 18.2 Å². The number of amides is 1. The zero-order chi connectivity index (χ0) is 18.7. The number of nitrogens with one attached hydrogen (secondary N) is 2. The van der Waals surface area contributed by atoms with Crippen LogP contribution in [0.4, 0.5) is 0 Å². The van der Waals surface area contributed by atoms with Gasteiger partial charge in [-0.3, -0.25) is 4.79 Å². The van der Waals surface area contributed by atoms with E-state index in [0.29, 0.717) is 22.6 Å². The minimum absolute atomic E-state index is 0.116. The molecule has 2 aromatic carbocycles. The molecule has 138 valence electrons. The SMILES string of the molecule is Cc1cc(CNC(=O)c2ccc3c(c2)CCNCC3)ccc1S(C)(=O)=O. The first-order valence-corrected chi connectivity index (χ1v) is 10.6. The second kappa shape index (κ2) is 7.60. The summed E-state index contributed by atoms with van der Waals surface area (Å²) in [6.07, 6.45) is 3.12. The maximum Gasteiger partial charge on any atom is 0.251 e. The van der Waals surface area contributed by atoms with Gasteiger partial charge in [0.15, 0.2) is 9.84 Å². The van der Waals surface area contributed by atoms with Crippen LogP contribution < -0.4 is 10.6 Å². The average Bonchev–Trinajstić information content (AvgIpc) is 2.83. The van der Waals surface area contributed by atoms with Gasteiger partial charge in [-0.15, -0.1) is 0 Å². The molecule has 0 spiro atoms. The molecule has 1 heterocycles. The van der Waals surface area contributed by atoms with Gasteiger partial charge in [0.1, 0.15) is 0 Å². The first-order valence-electron chi connectivity index (χ1n) is 8.75. The van der Waals surface area contributed by atoms with Crippen LogP contribution in [0.3, 0.4) is 0 Å². The smallest absolute Gasteiger partial charge is 0.251 e. The van der Waals surface area contributed by atoms with Crippen molar-refractivity contribution < 1.29 is 13.2 Å². The number of carbonyl (C=O) groups excluding carboxylic acids is 1. The molecule has 5 nitrogen and oxygen atoms in total. The van der Waals surface area contributed by atoms with Crippen molar-refractivity contribution in [3.05, 3.63) is 64.2 Å². The molecule has 1 amide bonds. The predicted molar refractivity (Wildman–Crippen MR) is 102 cm³/mol. The summed E-state index contributed by atoms with van der Waals surface area (Å²) in [5.74, 6) is -0.116. The Kier molecular flexibility index (Phi) is 5.44. The highest BCUT2D eigenvalue weighted by Crippen LogP contribution is 2.18. The van der Waals surface area contributed by atoms with Gasteiger partial charge in [-0.25, -0.2) is 8.42 Å². The number of fused-ring (bicyclic) bond motifs is 1. The zero-order valence-corrected chi connectivity index (χ0v) is 15.9. The molecule has 0 radical (unpaired) electrons. The number of carbonyl (C=O) groups is 1. The molecule has 0 saturated carbocycles. The van der Waals surface area contributed by atoms with Crippen molar-refractivity contribution in [1.29, 1.82) is 0 Å². The van der Waals surface area contributed by atoms with Crippen molar-refractivity contribution in [3.8, 4) is 0 Å². The van der Waals surface area contributed by atoms with Crippen LogP contribution in [0.15, 0.2) is 41.3 Å². The Labute approximate surface area is 154 Å². The van der Waals surface area contributed by atoms with Crippen molar-refractivity contribution in [2.45, 2.75) is 31.2 Å². The van der Waals surface area contributed by atoms with Crippen LogP contribution in [0.5, 0.6) is 0 Å². The topological polar surface area (TPSA) is 75.3 Å². The average molecular weight is 372 g/mol. The molecule has 2 N–H and O–H groups in total. The second-order valence-electron chi connectivity index (χ2n) is 6.79. The summed E-state index contributed by atoms with van der Waals surface area (Å²) in [6.45, 7) is 4.04. The van der Waals surface area contributed by atoms with Crippen molar-refractivity contribution in [2.24, 2.45) is 0 Å². The molecule has 0 fully saturated rings. The van der Waals surface area contributed by atoms with Crippen molar-refractivity contribution in [3.63, 3.8) is 0 Å². The van der Waals surface area contributed by atoms with Crippen LogP contribution in [-0.4, -0.2) is 33.7 Å². The van der Waals surface area contributed by atoms with E-state index in [0.717, 1.165) is 31.5 Å². The quantitative estimate of drug-likeness (QED) is 0.861. The zero-order valence-electron chi connectivity index (χ0n) is 15.1. The van der Waals surface area contributed by atoms with Gasteiger partial charge in [0.25, 0.3) is 5.91 Å². The monoisotopic (exact) mass is 372 g/mol. The van der Waals surface area contributed by atoms with E-state index < -0.39 is 9.84 Å². The summed E-state index contributed by atoms with van der Waals surface area (Å²) in [4.78, 5) is 12.8. The van der Waals surface area contributed by atoms with Crippen molar-refractivity contribution in [1.82, 2.24) is 10.6 Å².